The van der Waals surface area contributed by atoms with Gasteiger partial charge in [-0.05, 0) is 31.2 Å². The monoisotopic (exact) mass is 390 g/mol. The average Bonchev–Trinajstić information content (AvgIpc) is 3.11. The van der Waals surface area contributed by atoms with E-state index in [-0.39, 0.29) is 10.8 Å². The van der Waals surface area contributed by atoms with Gasteiger partial charge in [-0.2, -0.15) is 0 Å². The largest absolute Gasteiger partial charge is 0.309 e. The quantitative estimate of drug-likeness (QED) is 0.400. The highest BCUT2D eigenvalue weighted by Gasteiger charge is 2.19. The first-order chi connectivity index (χ1) is 13.7. The van der Waals surface area contributed by atoms with Gasteiger partial charge in [-0.15, -0.1) is 16.8 Å². The van der Waals surface area contributed by atoms with Crippen LogP contribution >= 0.6 is 11.8 Å². The minimum atomic E-state index is -0.141. The molecule has 1 N–H and O–H groups in total. The second kappa shape index (κ2) is 7.77. The number of aromatic amines is 1. The van der Waals surface area contributed by atoms with E-state index in [4.69, 9.17) is 0 Å². The molecule has 3 aromatic heterocycles. The number of benzene rings is 1. The average molecular weight is 390 g/mol. The van der Waals surface area contributed by atoms with E-state index < -0.39 is 0 Å². The summed E-state index contributed by atoms with van der Waals surface area (Å²) in [6.07, 6.45) is 5.25. The summed E-state index contributed by atoms with van der Waals surface area (Å²) in [6.45, 7) is 6.39. The number of rotatable bonds is 6. The standard InChI is InChI=1S/C20H18N6OS/c1-3-12-26-18(14-8-10-21-11-9-14)24-25-20(26)28-13(2)17-22-16-7-5-4-6-15(16)19(27)23-17/h3-11,13H,1,12H2,2H3,(H,22,23,27). The smallest absolute Gasteiger partial charge is 0.258 e. The van der Waals surface area contributed by atoms with Crippen molar-refractivity contribution in [2.45, 2.75) is 23.9 Å². The van der Waals surface area contributed by atoms with Crippen LogP contribution < -0.4 is 5.56 Å². The maximum atomic E-state index is 12.4. The molecule has 0 aliphatic carbocycles. The van der Waals surface area contributed by atoms with E-state index in [1.165, 1.54) is 11.8 Å². The second-order valence-corrected chi connectivity index (χ2v) is 7.48. The van der Waals surface area contributed by atoms with E-state index >= 15 is 0 Å². The highest BCUT2D eigenvalue weighted by molar-refractivity contribution is 7.99. The molecule has 0 amide bonds. The molecule has 0 aliphatic rings. The predicted molar refractivity (Wildman–Crippen MR) is 110 cm³/mol. The molecule has 0 saturated carbocycles. The van der Waals surface area contributed by atoms with Gasteiger partial charge in [0, 0.05) is 24.5 Å². The van der Waals surface area contributed by atoms with Crippen LogP contribution in [0, 0.1) is 0 Å². The predicted octanol–water partition coefficient (Wildman–Crippen LogP) is 3.62. The molecule has 8 heteroatoms. The highest BCUT2D eigenvalue weighted by atomic mass is 32.2. The molecule has 0 fully saturated rings. The Kier molecular flexibility index (Phi) is 5.03. The lowest BCUT2D eigenvalue weighted by molar-refractivity contribution is 0.727. The molecule has 0 bridgehead atoms. The third-order valence-corrected chi connectivity index (χ3v) is 5.36. The number of hydrogen-bond acceptors (Lipinski definition) is 6. The van der Waals surface area contributed by atoms with Gasteiger partial charge >= 0.3 is 0 Å². The fourth-order valence-corrected chi connectivity index (χ4v) is 3.81. The third kappa shape index (κ3) is 3.46. The van der Waals surface area contributed by atoms with Gasteiger partial charge in [0.25, 0.3) is 5.56 Å². The van der Waals surface area contributed by atoms with Crippen molar-refractivity contribution in [1.82, 2.24) is 29.7 Å². The first-order valence-corrected chi connectivity index (χ1v) is 9.65. The van der Waals surface area contributed by atoms with Crippen molar-refractivity contribution in [2.75, 3.05) is 0 Å². The molecule has 0 spiro atoms. The SMILES string of the molecule is C=CCn1c(SC(C)c2nc3ccccc3c(=O)[nH]2)nnc1-c1ccncc1. The molecular formula is C20H18N6OS. The van der Waals surface area contributed by atoms with Crippen molar-refractivity contribution >= 4 is 22.7 Å². The molecule has 1 unspecified atom stereocenters. The highest BCUT2D eigenvalue weighted by Crippen LogP contribution is 2.33. The lowest BCUT2D eigenvalue weighted by atomic mass is 10.2. The van der Waals surface area contributed by atoms with Gasteiger partial charge in [0.15, 0.2) is 11.0 Å². The van der Waals surface area contributed by atoms with Gasteiger partial charge in [0.2, 0.25) is 0 Å². The van der Waals surface area contributed by atoms with Crippen LogP contribution in [0.5, 0.6) is 0 Å². The Labute approximate surface area is 165 Å². The number of nitrogens with zero attached hydrogens (tertiary/aromatic N) is 5. The van der Waals surface area contributed by atoms with Gasteiger partial charge in [0.05, 0.1) is 16.2 Å². The Bertz CT molecular complexity index is 1180. The van der Waals surface area contributed by atoms with Crippen molar-refractivity contribution in [2.24, 2.45) is 0 Å². The van der Waals surface area contributed by atoms with Crippen LogP contribution in [0.4, 0.5) is 0 Å². The van der Waals surface area contributed by atoms with Crippen LogP contribution in [0.2, 0.25) is 0 Å². The van der Waals surface area contributed by atoms with Gasteiger partial charge in [-0.1, -0.05) is 30.0 Å². The lowest BCUT2D eigenvalue weighted by Crippen LogP contribution is -2.13. The molecule has 1 aromatic carbocycles. The van der Waals surface area contributed by atoms with Crippen LogP contribution in [0.15, 0.2) is 71.4 Å². The minimum Gasteiger partial charge on any atom is -0.309 e. The number of nitrogens with one attached hydrogen (secondary N) is 1. The Morgan fingerprint density at radius 3 is 2.79 bits per heavy atom. The van der Waals surface area contributed by atoms with Crippen molar-refractivity contribution in [3.63, 3.8) is 0 Å². The zero-order valence-electron chi connectivity index (χ0n) is 15.2. The zero-order valence-corrected chi connectivity index (χ0v) is 16.1. The summed E-state index contributed by atoms with van der Waals surface area (Å²) in [6, 6.07) is 11.1. The number of fused-ring (bicyclic) bond motifs is 1. The number of hydrogen-bond donors (Lipinski definition) is 1. The summed E-state index contributed by atoms with van der Waals surface area (Å²) in [7, 11) is 0. The zero-order chi connectivity index (χ0) is 19.5. The Hall–Kier alpha value is -3.26. The van der Waals surface area contributed by atoms with Gasteiger partial charge in [0.1, 0.15) is 5.82 Å². The van der Waals surface area contributed by atoms with Crippen LogP contribution in [0.1, 0.15) is 18.0 Å². The van der Waals surface area contributed by atoms with Crippen LogP contribution in [0.3, 0.4) is 0 Å². The molecule has 1 atom stereocenters. The summed E-state index contributed by atoms with van der Waals surface area (Å²) in [5, 5.41) is 9.89. The second-order valence-electron chi connectivity index (χ2n) is 6.17. The fourth-order valence-electron chi connectivity index (χ4n) is 2.90. The van der Waals surface area contributed by atoms with E-state index in [0.29, 0.717) is 23.3 Å². The molecule has 0 saturated heterocycles. The van der Waals surface area contributed by atoms with Crippen LogP contribution in [0.25, 0.3) is 22.3 Å². The number of allylic oxidation sites excluding steroid dienone is 1. The molecule has 7 nitrogen and oxygen atoms in total. The van der Waals surface area contributed by atoms with Crippen molar-refractivity contribution in [3.8, 4) is 11.4 Å². The van der Waals surface area contributed by atoms with Crippen LogP contribution in [-0.2, 0) is 6.54 Å². The van der Waals surface area contributed by atoms with E-state index in [1.807, 2.05) is 41.8 Å². The molecule has 4 rings (SSSR count). The normalized spacial score (nSPS) is 12.2. The van der Waals surface area contributed by atoms with E-state index in [1.54, 1.807) is 24.5 Å². The molecule has 0 radical (unpaired) electrons. The molecule has 140 valence electrons. The maximum Gasteiger partial charge on any atom is 0.258 e. The van der Waals surface area contributed by atoms with E-state index in [2.05, 4.69) is 31.7 Å². The Morgan fingerprint density at radius 2 is 2.00 bits per heavy atom. The van der Waals surface area contributed by atoms with Crippen LogP contribution in [-0.4, -0.2) is 29.7 Å². The molecule has 28 heavy (non-hydrogen) atoms. The van der Waals surface area contributed by atoms with Crippen molar-refractivity contribution < 1.29 is 0 Å². The van der Waals surface area contributed by atoms with Gasteiger partial charge in [-0.25, -0.2) is 4.98 Å². The molecule has 4 aromatic rings. The third-order valence-electron chi connectivity index (χ3n) is 4.27. The molecule has 3 heterocycles. The van der Waals surface area contributed by atoms with Gasteiger partial charge in [-0.3, -0.25) is 14.3 Å². The van der Waals surface area contributed by atoms with Crippen molar-refractivity contribution in [1.29, 1.82) is 0 Å². The fraction of sp³-hybridized carbons (Fsp3) is 0.150. The van der Waals surface area contributed by atoms with Crippen molar-refractivity contribution in [3.05, 3.63) is 77.6 Å². The summed E-state index contributed by atoms with van der Waals surface area (Å²) in [5.41, 5.74) is 1.47. The minimum absolute atomic E-state index is 0.115. The first kappa shape index (κ1) is 18.1. The van der Waals surface area contributed by atoms with E-state index in [0.717, 1.165) is 16.5 Å². The van der Waals surface area contributed by atoms with E-state index in [9.17, 15) is 4.79 Å². The maximum absolute atomic E-state index is 12.4. The number of aromatic nitrogens is 6. The topological polar surface area (TPSA) is 89.4 Å². The number of pyridine rings is 1. The summed E-state index contributed by atoms with van der Waals surface area (Å²) >= 11 is 1.49. The van der Waals surface area contributed by atoms with Gasteiger partial charge < -0.3 is 4.98 Å². The summed E-state index contributed by atoms with van der Waals surface area (Å²) in [5.74, 6) is 1.35. The molecule has 0 aliphatic heterocycles. The summed E-state index contributed by atoms with van der Waals surface area (Å²) in [4.78, 5) is 23.9. The number of para-hydroxylation sites is 1. The number of thioether (sulfide) groups is 1. The Balaban J connectivity index is 1.68. The molecular weight excluding hydrogens is 372 g/mol. The number of H-pyrrole nitrogens is 1. The first-order valence-electron chi connectivity index (χ1n) is 8.77. The Morgan fingerprint density at radius 1 is 1.21 bits per heavy atom. The summed E-state index contributed by atoms with van der Waals surface area (Å²) < 4.78 is 1.99. The lowest BCUT2D eigenvalue weighted by Gasteiger charge is -2.12.